The van der Waals surface area contributed by atoms with Crippen molar-refractivity contribution in [1.29, 1.82) is 0 Å². The lowest BCUT2D eigenvalue weighted by Gasteiger charge is -2.05. The van der Waals surface area contributed by atoms with Gasteiger partial charge >= 0.3 is 0 Å². The van der Waals surface area contributed by atoms with Crippen molar-refractivity contribution in [2.45, 2.75) is 6.92 Å². The van der Waals surface area contributed by atoms with Crippen molar-refractivity contribution in [1.82, 2.24) is 15.0 Å². The molecule has 0 amide bonds. The number of aromatic nitrogens is 3. The van der Waals surface area contributed by atoms with E-state index in [2.05, 4.69) is 10.3 Å². The van der Waals surface area contributed by atoms with Gasteiger partial charge in [0, 0.05) is 12.6 Å². The van der Waals surface area contributed by atoms with Crippen molar-refractivity contribution in [2.75, 3.05) is 0 Å². The van der Waals surface area contributed by atoms with E-state index in [9.17, 15) is 4.79 Å². The van der Waals surface area contributed by atoms with E-state index >= 15 is 0 Å². The maximum absolute atomic E-state index is 12.1. The standard InChI is InChI=1S/C11H10ClN3O/c1-7-4-3-5-8(10(7)12)11(16)9-6-13-14-15(9)2/h3-6H,1-2H3. The Morgan fingerprint density at radius 2 is 2.19 bits per heavy atom. The minimum atomic E-state index is -0.166. The Labute approximate surface area is 97.8 Å². The molecule has 0 aliphatic heterocycles. The molecule has 1 aromatic heterocycles. The second kappa shape index (κ2) is 4.06. The van der Waals surface area contributed by atoms with E-state index in [1.807, 2.05) is 13.0 Å². The lowest BCUT2D eigenvalue weighted by Crippen LogP contribution is -2.09. The van der Waals surface area contributed by atoms with Gasteiger partial charge in [-0.3, -0.25) is 4.79 Å². The Kier molecular flexibility index (Phi) is 2.75. The Morgan fingerprint density at radius 3 is 2.81 bits per heavy atom. The van der Waals surface area contributed by atoms with Crippen molar-refractivity contribution in [2.24, 2.45) is 7.05 Å². The summed E-state index contributed by atoms with van der Waals surface area (Å²) in [7, 11) is 1.67. The molecule has 2 rings (SSSR count). The molecule has 0 fully saturated rings. The number of hydrogen-bond acceptors (Lipinski definition) is 3. The van der Waals surface area contributed by atoms with Gasteiger partial charge in [0.2, 0.25) is 5.78 Å². The molecule has 82 valence electrons. The SMILES string of the molecule is Cc1cccc(C(=O)c2cnnn2C)c1Cl. The van der Waals surface area contributed by atoms with Crippen LogP contribution in [0.3, 0.4) is 0 Å². The van der Waals surface area contributed by atoms with E-state index in [1.54, 1.807) is 19.2 Å². The molecule has 0 bridgehead atoms. The minimum absolute atomic E-state index is 0.166. The summed E-state index contributed by atoms with van der Waals surface area (Å²) in [5, 5.41) is 7.87. The maximum atomic E-state index is 12.1. The minimum Gasteiger partial charge on any atom is -0.287 e. The highest BCUT2D eigenvalue weighted by molar-refractivity contribution is 6.35. The van der Waals surface area contributed by atoms with Crippen LogP contribution in [0.2, 0.25) is 5.02 Å². The topological polar surface area (TPSA) is 47.8 Å². The number of ketones is 1. The molecule has 0 saturated heterocycles. The fourth-order valence-corrected chi connectivity index (χ4v) is 1.67. The predicted molar refractivity (Wildman–Crippen MR) is 60.6 cm³/mol. The number of halogens is 1. The van der Waals surface area contributed by atoms with Crippen LogP contribution in [0.4, 0.5) is 0 Å². The van der Waals surface area contributed by atoms with Crippen LogP contribution in [-0.2, 0) is 7.05 Å². The van der Waals surface area contributed by atoms with Gasteiger partial charge < -0.3 is 0 Å². The molecule has 0 aliphatic carbocycles. The quantitative estimate of drug-likeness (QED) is 0.748. The summed E-state index contributed by atoms with van der Waals surface area (Å²) in [4.78, 5) is 12.1. The van der Waals surface area contributed by atoms with E-state index in [4.69, 9.17) is 11.6 Å². The molecule has 2 aromatic rings. The average molecular weight is 236 g/mol. The molecule has 0 saturated carbocycles. The summed E-state index contributed by atoms with van der Waals surface area (Å²) in [5.41, 5.74) is 1.78. The first kappa shape index (κ1) is 10.8. The highest BCUT2D eigenvalue weighted by atomic mass is 35.5. The lowest BCUT2D eigenvalue weighted by molar-refractivity contribution is 0.103. The van der Waals surface area contributed by atoms with Gasteiger partial charge in [0.05, 0.1) is 11.2 Å². The lowest BCUT2D eigenvalue weighted by atomic mass is 10.1. The van der Waals surface area contributed by atoms with Crippen molar-refractivity contribution in [3.63, 3.8) is 0 Å². The van der Waals surface area contributed by atoms with Crippen LogP contribution in [0.25, 0.3) is 0 Å². The van der Waals surface area contributed by atoms with Crippen LogP contribution in [-0.4, -0.2) is 20.8 Å². The number of benzene rings is 1. The fourth-order valence-electron chi connectivity index (χ4n) is 1.46. The first-order valence-electron chi connectivity index (χ1n) is 4.75. The molecule has 0 radical (unpaired) electrons. The van der Waals surface area contributed by atoms with E-state index in [-0.39, 0.29) is 5.78 Å². The van der Waals surface area contributed by atoms with Gasteiger partial charge in [-0.2, -0.15) is 0 Å². The molecular formula is C11H10ClN3O. The zero-order valence-corrected chi connectivity index (χ0v) is 9.69. The highest BCUT2D eigenvalue weighted by Crippen LogP contribution is 2.22. The first-order chi connectivity index (χ1) is 7.61. The molecule has 1 heterocycles. The first-order valence-corrected chi connectivity index (χ1v) is 5.13. The Balaban J connectivity index is 2.50. The van der Waals surface area contributed by atoms with Gasteiger partial charge in [0.15, 0.2) is 0 Å². The number of aryl methyl sites for hydroxylation is 2. The average Bonchev–Trinajstić information content (AvgIpc) is 2.68. The monoisotopic (exact) mass is 235 g/mol. The van der Waals surface area contributed by atoms with Gasteiger partial charge in [-0.05, 0) is 18.6 Å². The molecule has 4 nitrogen and oxygen atoms in total. The van der Waals surface area contributed by atoms with Crippen LogP contribution >= 0.6 is 11.6 Å². The number of hydrogen-bond donors (Lipinski definition) is 0. The molecule has 0 N–H and O–H groups in total. The smallest absolute Gasteiger partial charge is 0.214 e. The molecule has 16 heavy (non-hydrogen) atoms. The Bertz CT molecular complexity index is 548. The summed E-state index contributed by atoms with van der Waals surface area (Å²) in [6.45, 7) is 1.86. The molecule has 1 aromatic carbocycles. The summed E-state index contributed by atoms with van der Waals surface area (Å²) in [6.07, 6.45) is 1.43. The second-order valence-corrected chi connectivity index (χ2v) is 3.89. The summed E-state index contributed by atoms with van der Waals surface area (Å²) in [5.74, 6) is -0.166. The molecule has 0 atom stereocenters. The predicted octanol–water partition coefficient (Wildman–Crippen LogP) is 2.01. The normalized spacial score (nSPS) is 10.4. The number of carbonyl (C=O) groups is 1. The van der Waals surface area contributed by atoms with Crippen LogP contribution in [0.15, 0.2) is 24.4 Å². The second-order valence-electron chi connectivity index (χ2n) is 3.51. The van der Waals surface area contributed by atoms with Crippen LogP contribution in [0, 0.1) is 6.92 Å². The van der Waals surface area contributed by atoms with Crippen molar-refractivity contribution < 1.29 is 4.79 Å². The molecular weight excluding hydrogens is 226 g/mol. The Morgan fingerprint density at radius 1 is 1.44 bits per heavy atom. The summed E-state index contributed by atoms with van der Waals surface area (Å²) >= 11 is 6.09. The van der Waals surface area contributed by atoms with E-state index < -0.39 is 0 Å². The largest absolute Gasteiger partial charge is 0.287 e. The number of carbonyl (C=O) groups excluding carboxylic acids is 1. The van der Waals surface area contributed by atoms with Crippen molar-refractivity contribution in [3.8, 4) is 0 Å². The summed E-state index contributed by atoms with van der Waals surface area (Å²) < 4.78 is 1.43. The van der Waals surface area contributed by atoms with Gasteiger partial charge in [0.25, 0.3) is 0 Å². The zero-order chi connectivity index (χ0) is 11.7. The van der Waals surface area contributed by atoms with Crippen LogP contribution in [0.1, 0.15) is 21.6 Å². The molecule has 0 spiro atoms. The van der Waals surface area contributed by atoms with Gasteiger partial charge in [0.1, 0.15) is 5.69 Å². The molecule has 0 unspecified atom stereocenters. The number of rotatable bonds is 2. The van der Waals surface area contributed by atoms with Crippen molar-refractivity contribution in [3.05, 3.63) is 46.2 Å². The van der Waals surface area contributed by atoms with Crippen molar-refractivity contribution >= 4 is 17.4 Å². The number of nitrogens with zero attached hydrogens (tertiary/aromatic N) is 3. The van der Waals surface area contributed by atoms with Gasteiger partial charge in [-0.15, -0.1) is 5.10 Å². The highest BCUT2D eigenvalue weighted by Gasteiger charge is 2.17. The van der Waals surface area contributed by atoms with E-state index in [1.165, 1.54) is 10.9 Å². The van der Waals surface area contributed by atoms with Gasteiger partial charge in [-0.25, -0.2) is 4.68 Å². The Hall–Kier alpha value is -1.68. The third kappa shape index (κ3) is 1.72. The van der Waals surface area contributed by atoms with E-state index in [0.29, 0.717) is 16.3 Å². The third-order valence-corrected chi connectivity index (χ3v) is 2.89. The van der Waals surface area contributed by atoms with Crippen LogP contribution in [0.5, 0.6) is 0 Å². The molecule has 5 heteroatoms. The zero-order valence-electron chi connectivity index (χ0n) is 8.94. The van der Waals surface area contributed by atoms with E-state index in [0.717, 1.165) is 5.56 Å². The van der Waals surface area contributed by atoms with Gasteiger partial charge in [-0.1, -0.05) is 28.9 Å². The van der Waals surface area contributed by atoms with Crippen LogP contribution < -0.4 is 0 Å². The summed E-state index contributed by atoms with van der Waals surface area (Å²) in [6, 6.07) is 5.36. The third-order valence-electron chi connectivity index (χ3n) is 2.38. The fraction of sp³-hybridized carbons (Fsp3) is 0.182. The molecule has 0 aliphatic rings. The maximum Gasteiger partial charge on any atom is 0.214 e.